The molecule has 7 rings (SSSR count). The van der Waals surface area contributed by atoms with E-state index >= 15 is 0 Å². The highest BCUT2D eigenvalue weighted by Gasteiger charge is 2.48. The molecule has 0 spiro atoms. The van der Waals surface area contributed by atoms with Gasteiger partial charge in [0.1, 0.15) is 25.0 Å². The van der Waals surface area contributed by atoms with E-state index in [1.54, 1.807) is 56.1 Å². The van der Waals surface area contributed by atoms with E-state index in [9.17, 15) is 28.8 Å². The standard InChI is InChI=1S/C56H71ClN6O13/c1-11-14-48(65)59-42-23-35(17-18-45(42)75-55-52(74-34(4)64)33(3)32(2)51(76-55)54(68)71-10)31-73-56(69)62(8)20-19-61(7)49(66)27-36-25-44-50(40-16-13-12-15-39(36)40)38(29-57)30-63(44)53(67)43-24-37-26-47(72-22-21-60(5)6)46(70-9)28-41(37)58-43/h12-13,15-18,23,25-26,28,32-33,38,43,51-52,55,58H,11,14,19-22,24,27,29-31H2,1-10H3,(H,59,65)/t32-,33-,38+,43?,51-,52+,55-/m0/s1. The summed E-state index contributed by atoms with van der Waals surface area (Å²) >= 11 is 6.63. The van der Waals surface area contributed by atoms with Gasteiger partial charge < -0.3 is 63.4 Å². The summed E-state index contributed by atoms with van der Waals surface area (Å²) in [5.41, 5.74) is 4.98. The Morgan fingerprint density at radius 3 is 2.30 bits per heavy atom. The number of esters is 2. The van der Waals surface area contributed by atoms with Crippen molar-refractivity contribution in [3.05, 3.63) is 82.9 Å². The van der Waals surface area contributed by atoms with Crippen molar-refractivity contribution in [1.29, 1.82) is 0 Å². The number of anilines is 3. The van der Waals surface area contributed by atoms with Gasteiger partial charge in [-0.3, -0.25) is 19.2 Å². The largest absolute Gasteiger partial charge is 0.493 e. The van der Waals surface area contributed by atoms with Crippen LogP contribution in [-0.2, 0) is 62.4 Å². The van der Waals surface area contributed by atoms with Crippen LogP contribution in [0, 0.1) is 11.8 Å². The maximum absolute atomic E-state index is 14.6. The first kappa shape index (κ1) is 56.9. The zero-order chi connectivity index (χ0) is 55.0. The Balaban J connectivity index is 0.996. The zero-order valence-corrected chi connectivity index (χ0v) is 45.8. The Hall–Kier alpha value is -6.83. The van der Waals surface area contributed by atoms with Gasteiger partial charge in [0.15, 0.2) is 23.7 Å². The lowest BCUT2D eigenvalue weighted by molar-refractivity contribution is -0.248. The maximum Gasteiger partial charge on any atom is 0.409 e. The smallest absolute Gasteiger partial charge is 0.409 e. The second kappa shape index (κ2) is 25.3. The molecule has 4 aromatic rings. The first-order chi connectivity index (χ1) is 36.3. The molecule has 19 nitrogen and oxygen atoms in total. The molecule has 4 aromatic carbocycles. The van der Waals surface area contributed by atoms with E-state index in [0.717, 1.165) is 45.4 Å². The summed E-state index contributed by atoms with van der Waals surface area (Å²) in [6, 6.07) is 17.9. The van der Waals surface area contributed by atoms with Gasteiger partial charge in [-0.1, -0.05) is 51.1 Å². The SMILES string of the molecule is CCCC(=O)Nc1cc(COC(=O)N(C)CCN(C)C(=O)Cc2cc3c(c4ccccc24)[C@H](CCl)CN3C(=O)C2Cc3cc(OCCN(C)C)c(OC)cc3N2)ccc1O[C@H]1O[C@H](C(=O)OC)[C@@H](C)[C@H](C)[C@H]1OC(C)=O. The predicted molar refractivity (Wildman–Crippen MR) is 287 cm³/mol. The topological polar surface area (TPSA) is 204 Å². The molecule has 4 amide bonds. The van der Waals surface area contributed by atoms with E-state index < -0.39 is 42.6 Å². The van der Waals surface area contributed by atoms with Crippen LogP contribution < -0.4 is 29.7 Å². The molecule has 20 heteroatoms. The molecule has 410 valence electrons. The molecule has 1 unspecified atom stereocenters. The lowest BCUT2D eigenvalue weighted by atomic mass is 9.83. The number of likely N-dealkylation sites (N-methyl/N-ethyl adjacent to an activating group) is 3. The number of benzene rings is 4. The minimum atomic E-state index is -1.24. The number of halogens is 1. The third-order valence-corrected chi connectivity index (χ3v) is 14.7. The summed E-state index contributed by atoms with van der Waals surface area (Å²) in [5, 5.41) is 8.11. The third-order valence-electron chi connectivity index (χ3n) is 14.3. The van der Waals surface area contributed by atoms with E-state index in [-0.39, 0.29) is 79.5 Å². The summed E-state index contributed by atoms with van der Waals surface area (Å²) in [6.45, 7) is 8.52. The van der Waals surface area contributed by atoms with Crippen molar-refractivity contribution in [2.75, 3.05) is 96.6 Å². The molecule has 0 aromatic heterocycles. The molecule has 0 saturated carbocycles. The number of hydrogen-bond donors (Lipinski definition) is 2. The van der Waals surface area contributed by atoms with Crippen LogP contribution in [0.15, 0.2) is 60.7 Å². The number of nitrogens with zero attached hydrogens (tertiary/aromatic N) is 4. The summed E-state index contributed by atoms with van der Waals surface area (Å²) in [7, 11) is 10.0. The molecule has 3 aliphatic heterocycles. The van der Waals surface area contributed by atoms with E-state index in [0.29, 0.717) is 48.9 Å². The summed E-state index contributed by atoms with van der Waals surface area (Å²) < 4.78 is 40.3. The third kappa shape index (κ3) is 13.0. The first-order valence-electron chi connectivity index (χ1n) is 25.6. The average molecular weight is 1070 g/mol. The normalized spacial score (nSPS) is 20.5. The van der Waals surface area contributed by atoms with Gasteiger partial charge in [-0.25, -0.2) is 9.59 Å². The lowest BCUT2D eigenvalue weighted by Crippen LogP contribution is -2.55. The van der Waals surface area contributed by atoms with Gasteiger partial charge in [-0.15, -0.1) is 11.6 Å². The van der Waals surface area contributed by atoms with Crippen LogP contribution in [-0.4, -0.2) is 156 Å². The molecule has 0 bridgehead atoms. The van der Waals surface area contributed by atoms with E-state index in [2.05, 4.69) is 10.6 Å². The summed E-state index contributed by atoms with van der Waals surface area (Å²) in [5.74, 6) is -0.984. The van der Waals surface area contributed by atoms with Crippen LogP contribution in [0.5, 0.6) is 17.2 Å². The molecule has 76 heavy (non-hydrogen) atoms. The van der Waals surface area contributed by atoms with Crippen molar-refractivity contribution >= 4 is 75.2 Å². The van der Waals surface area contributed by atoms with Gasteiger partial charge in [0.25, 0.3) is 0 Å². The molecule has 3 heterocycles. The van der Waals surface area contributed by atoms with Crippen molar-refractivity contribution in [2.45, 2.75) is 90.4 Å². The van der Waals surface area contributed by atoms with Crippen molar-refractivity contribution in [3.63, 3.8) is 0 Å². The fraction of sp³-hybridized carbons (Fsp3) is 0.500. The van der Waals surface area contributed by atoms with Gasteiger partial charge in [-0.05, 0) is 83.7 Å². The number of fused-ring (bicyclic) bond motifs is 4. The second-order valence-electron chi connectivity index (χ2n) is 20.0. The van der Waals surface area contributed by atoms with Crippen LogP contribution in [0.1, 0.15) is 68.7 Å². The van der Waals surface area contributed by atoms with Crippen molar-refractivity contribution in [1.82, 2.24) is 14.7 Å². The number of amides is 4. The highest BCUT2D eigenvalue weighted by molar-refractivity contribution is 6.19. The van der Waals surface area contributed by atoms with Crippen LogP contribution in [0.4, 0.5) is 21.9 Å². The fourth-order valence-electron chi connectivity index (χ4n) is 9.82. The highest BCUT2D eigenvalue weighted by atomic mass is 35.5. The molecule has 1 fully saturated rings. The number of methoxy groups -OCH3 is 2. The van der Waals surface area contributed by atoms with E-state index in [1.165, 1.54) is 18.9 Å². The van der Waals surface area contributed by atoms with Crippen molar-refractivity contribution in [3.8, 4) is 17.2 Å². The minimum absolute atomic E-state index is 0.0354. The van der Waals surface area contributed by atoms with Gasteiger partial charge >= 0.3 is 18.0 Å². The zero-order valence-electron chi connectivity index (χ0n) is 45.1. The van der Waals surface area contributed by atoms with Crippen LogP contribution >= 0.6 is 11.6 Å². The molecule has 7 atom stereocenters. The molecule has 0 aliphatic carbocycles. The van der Waals surface area contributed by atoms with Crippen LogP contribution in [0.2, 0.25) is 0 Å². The monoisotopic (exact) mass is 1070 g/mol. The highest BCUT2D eigenvalue weighted by Crippen LogP contribution is 2.45. The number of ether oxygens (including phenoxy) is 7. The number of nitrogens with one attached hydrogen (secondary N) is 2. The van der Waals surface area contributed by atoms with E-state index in [4.69, 9.17) is 44.8 Å². The Morgan fingerprint density at radius 1 is 0.882 bits per heavy atom. The Labute approximate surface area is 449 Å². The summed E-state index contributed by atoms with van der Waals surface area (Å²) in [4.78, 5) is 86.5. The van der Waals surface area contributed by atoms with Crippen molar-refractivity contribution < 1.29 is 61.9 Å². The Bertz CT molecular complexity index is 2790. The number of rotatable bonds is 21. The van der Waals surface area contributed by atoms with Crippen LogP contribution in [0.25, 0.3) is 10.8 Å². The average Bonchev–Trinajstić information content (AvgIpc) is 4.00. The number of hydrogen-bond acceptors (Lipinski definition) is 15. The minimum Gasteiger partial charge on any atom is -0.493 e. The molecular formula is C56H71ClN6O13. The first-order valence-corrected chi connectivity index (χ1v) is 26.2. The quantitative estimate of drug-likeness (QED) is 0.0491. The number of carbonyl (C=O) groups is 6. The van der Waals surface area contributed by atoms with Gasteiger partial charge in [0.2, 0.25) is 24.0 Å². The molecule has 3 aliphatic rings. The molecule has 0 radical (unpaired) electrons. The Kier molecular flexibility index (Phi) is 19.0. The van der Waals surface area contributed by atoms with Gasteiger partial charge in [0.05, 0.1) is 26.3 Å². The summed E-state index contributed by atoms with van der Waals surface area (Å²) in [6.07, 6.45) is -2.51. The van der Waals surface area contributed by atoms with Crippen LogP contribution in [0.3, 0.4) is 0 Å². The predicted octanol–water partition coefficient (Wildman–Crippen LogP) is 6.98. The second-order valence-corrected chi connectivity index (χ2v) is 20.3. The van der Waals surface area contributed by atoms with Gasteiger partial charge in [-0.2, -0.15) is 0 Å². The van der Waals surface area contributed by atoms with Crippen molar-refractivity contribution in [2.24, 2.45) is 11.8 Å². The molecular weight excluding hydrogens is 1000 g/mol. The Morgan fingerprint density at radius 2 is 1.62 bits per heavy atom. The fourth-order valence-corrected chi connectivity index (χ4v) is 10.1. The number of alkyl halides is 1. The lowest BCUT2D eigenvalue weighted by Gasteiger charge is -2.42. The molecule has 1 saturated heterocycles. The molecule has 2 N–H and O–H groups in total. The van der Waals surface area contributed by atoms with E-state index in [1.807, 2.05) is 75.3 Å². The van der Waals surface area contributed by atoms with Gasteiger partial charge in [0, 0.05) is 95.2 Å². The number of carbonyl (C=O) groups excluding carboxylic acids is 6. The maximum atomic E-state index is 14.6.